The molecular weight excluding hydrogens is 250 g/mol. The minimum atomic E-state index is -3.24. The molecule has 2 aromatic rings. The molecule has 0 amide bonds. The van der Waals surface area contributed by atoms with Crippen LogP contribution in [-0.2, 0) is 16.6 Å². The zero-order chi connectivity index (χ0) is 13.0. The van der Waals surface area contributed by atoms with Crippen LogP contribution in [0.25, 0.3) is 0 Å². The maximum atomic E-state index is 11.4. The van der Waals surface area contributed by atoms with Gasteiger partial charge in [0.2, 0.25) is 10.0 Å². The third kappa shape index (κ3) is 3.33. The zero-order valence-corrected chi connectivity index (χ0v) is 10.9. The minimum absolute atomic E-state index is 0.0524. The molecule has 0 unspecified atom stereocenters. The molecule has 0 aliphatic rings. The number of hydrogen-bond donors (Lipinski definition) is 1. The third-order valence-corrected chi connectivity index (χ3v) is 3.78. The molecule has 0 fully saturated rings. The monoisotopic (exact) mass is 265 g/mol. The second-order valence-electron chi connectivity index (χ2n) is 3.92. The van der Waals surface area contributed by atoms with E-state index in [9.17, 15) is 8.42 Å². The van der Waals surface area contributed by atoms with Crippen molar-refractivity contribution in [3.63, 3.8) is 0 Å². The summed E-state index contributed by atoms with van der Waals surface area (Å²) in [7, 11) is -3.24. The van der Waals surface area contributed by atoms with Gasteiger partial charge in [0.15, 0.2) is 0 Å². The van der Waals surface area contributed by atoms with Crippen LogP contribution < -0.4 is 4.72 Å². The number of nitrogens with one attached hydrogen (secondary N) is 1. The summed E-state index contributed by atoms with van der Waals surface area (Å²) in [6.45, 7) is 2.21. The first-order chi connectivity index (χ1) is 8.59. The maximum Gasteiger partial charge on any atom is 0.232 e. The summed E-state index contributed by atoms with van der Waals surface area (Å²) < 4.78 is 26.9. The first-order valence-corrected chi connectivity index (χ1v) is 7.31. The number of hydrogen-bond acceptors (Lipinski definition) is 3. The Bertz CT molecular complexity index is 605. The van der Waals surface area contributed by atoms with Crippen LogP contribution in [0.4, 0.5) is 5.69 Å². The molecule has 0 saturated heterocycles. The van der Waals surface area contributed by atoms with E-state index in [1.54, 1.807) is 17.8 Å². The Morgan fingerprint density at radius 3 is 2.67 bits per heavy atom. The highest BCUT2D eigenvalue weighted by Crippen LogP contribution is 2.09. The van der Waals surface area contributed by atoms with Crippen molar-refractivity contribution in [1.29, 1.82) is 0 Å². The van der Waals surface area contributed by atoms with Crippen LogP contribution in [-0.4, -0.2) is 24.0 Å². The predicted molar refractivity (Wildman–Crippen MR) is 70.9 cm³/mol. The first kappa shape index (κ1) is 12.6. The van der Waals surface area contributed by atoms with Crippen molar-refractivity contribution in [1.82, 2.24) is 9.78 Å². The Morgan fingerprint density at radius 2 is 2.00 bits per heavy atom. The van der Waals surface area contributed by atoms with Gasteiger partial charge in [-0.15, -0.1) is 0 Å². The lowest BCUT2D eigenvalue weighted by atomic mass is 10.2. The van der Waals surface area contributed by atoms with E-state index in [1.807, 2.05) is 30.3 Å². The van der Waals surface area contributed by atoms with Gasteiger partial charge in [-0.25, -0.2) is 8.42 Å². The van der Waals surface area contributed by atoms with Crippen LogP contribution >= 0.6 is 0 Å². The molecule has 1 aromatic heterocycles. The molecule has 0 saturated carbocycles. The summed E-state index contributed by atoms with van der Waals surface area (Å²) in [5.74, 6) is 0.0524. The summed E-state index contributed by atoms with van der Waals surface area (Å²) in [6, 6.07) is 9.86. The number of sulfonamides is 1. The SMILES string of the molecule is CCS(=O)(=O)Nc1cnn(Cc2ccccc2)c1. The largest absolute Gasteiger partial charge is 0.280 e. The van der Waals surface area contributed by atoms with Crippen LogP contribution in [0.3, 0.4) is 0 Å². The Balaban J connectivity index is 2.07. The van der Waals surface area contributed by atoms with Crippen LogP contribution in [0.1, 0.15) is 12.5 Å². The fourth-order valence-corrected chi connectivity index (χ4v) is 2.13. The Labute approximate surface area is 107 Å². The highest BCUT2D eigenvalue weighted by atomic mass is 32.2. The minimum Gasteiger partial charge on any atom is -0.280 e. The van der Waals surface area contributed by atoms with E-state index in [1.165, 1.54) is 6.20 Å². The molecular formula is C12H15N3O2S. The smallest absolute Gasteiger partial charge is 0.232 e. The Morgan fingerprint density at radius 1 is 1.28 bits per heavy atom. The van der Waals surface area contributed by atoms with Crippen LogP contribution in [0.5, 0.6) is 0 Å². The van der Waals surface area contributed by atoms with Crippen molar-refractivity contribution >= 4 is 15.7 Å². The van der Waals surface area contributed by atoms with Crippen molar-refractivity contribution in [3.8, 4) is 0 Å². The van der Waals surface area contributed by atoms with Crippen molar-refractivity contribution < 1.29 is 8.42 Å². The van der Waals surface area contributed by atoms with Crippen molar-refractivity contribution in [2.75, 3.05) is 10.5 Å². The van der Waals surface area contributed by atoms with Gasteiger partial charge in [-0.2, -0.15) is 5.10 Å². The molecule has 0 bridgehead atoms. The highest BCUT2D eigenvalue weighted by Gasteiger charge is 2.08. The van der Waals surface area contributed by atoms with Crippen LogP contribution in [0.15, 0.2) is 42.7 Å². The lowest BCUT2D eigenvalue weighted by molar-refractivity contribution is 0.602. The topological polar surface area (TPSA) is 64.0 Å². The first-order valence-electron chi connectivity index (χ1n) is 5.66. The van der Waals surface area contributed by atoms with E-state index in [0.29, 0.717) is 12.2 Å². The average Bonchev–Trinajstić information content (AvgIpc) is 2.77. The summed E-state index contributed by atoms with van der Waals surface area (Å²) >= 11 is 0. The lowest BCUT2D eigenvalue weighted by Crippen LogP contribution is -2.14. The number of aromatic nitrogens is 2. The van der Waals surface area contributed by atoms with Crippen LogP contribution in [0, 0.1) is 0 Å². The molecule has 0 aliphatic carbocycles. The van der Waals surface area contributed by atoms with Gasteiger partial charge in [-0.05, 0) is 12.5 Å². The molecule has 0 radical (unpaired) electrons. The molecule has 18 heavy (non-hydrogen) atoms. The quantitative estimate of drug-likeness (QED) is 0.894. The molecule has 0 spiro atoms. The summed E-state index contributed by atoms with van der Waals surface area (Å²) in [6.07, 6.45) is 3.19. The second kappa shape index (κ2) is 5.22. The molecule has 6 heteroatoms. The Kier molecular flexibility index (Phi) is 3.66. The molecule has 5 nitrogen and oxygen atoms in total. The molecule has 2 rings (SSSR count). The van der Waals surface area contributed by atoms with E-state index in [2.05, 4.69) is 9.82 Å². The van der Waals surface area contributed by atoms with Gasteiger partial charge in [0.25, 0.3) is 0 Å². The van der Waals surface area contributed by atoms with Crippen molar-refractivity contribution in [3.05, 3.63) is 48.3 Å². The van der Waals surface area contributed by atoms with E-state index in [0.717, 1.165) is 5.56 Å². The standard InChI is InChI=1S/C12H15N3O2S/c1-2-18(16,17)14-12-8-13-15(10-12)9-11-6-4-3-5-7-11/h3-8,10,14H,2,9H2,1H3. The van der Waals surface area contributed by atoms with Gasteiger partial charge >= 0.3 is 0 Å². The van der Waals surface area contributed by atoms with Crippen molar-refractivity contribution in [2.45, 2.75) is 13.5 Å². The molecule has 0 atom stereocenters. The number of nitrogens with zero attached hydrogens (tertiary/aromatic N) is 2. The van der Waals surface area contributed by atoms with Crippen molar-refractivity contribution in [2.24, 2.45) is 0 Å². The third-order valence-electron chi connectivity index (χ3n) is 2.47. The van der Waals surface area contributed by atoms with E-state index in [4.69, 9.17) is 0 Å². The molecule has 0 aliphatic heterocycles. The van der Waals surface area contributed by atoms with Gasteiger partial charge in [0, 0.05) is 6.20 Å². The van der Waals surface area contributed by atoms with Gasteiger partial charge in [-0.1, -0.05) is 30.3 Å². The van der Waals surface area contributed by atoms with E-state index in [-0.39, 0.29) is 5.75 Å². The van der Waals surface area contributed by atoms with Gasteiger partial charge in [0.05, 0.1) is 24.2 Å². The number of anilines is 1. The summed E-state index contributed by atoms with van der Waals surface area (Å²) in [4.78, 5) is 0. The zero-order valence-electron chi connectivity index (χ0n) is 10.1. The molecule has 1 heterocycles. The summed E-state index contributed by atoms with van der Waals surface area (Å²) in [5, 5.41) is 4.12. The number of rotatable bonds is 5. The van der Waals surface area contributed by atoms with Crippen LogP contribution in [0.2, 0.25) is 0 Å². The average molecular weight is 265 g/mol. The fourth-order valence-electron chi connectivity index (χ4n) is 1.52. The molecule has 1 N–H and O–H groups in total. The predicted octanol–water partition coefficient (Wildman–Crippen LogP) is 1.69. The lowest BCUT2D eigenvalue weighted by Gasteiger charge is -2.02. The second-order valence-corrected chi connectivity index (χ2v) is 5.93. The maximum absolute atomic E-state index is 11.4. The fraction of sp³-hybridized carbons (Fsp3) is 0.250. The van der Waals surface area contributed by atoms with Gasteiger partial charge in [-0.3, -0.25) is 9.40 Å². The van der Waals surface area contributed by atoms with Gasteiger partial charge in [0.1, 0.15) is 0 Å². The molecule has 1 aromatic carbocycles. The van der Waals surface area contributed by atoms with E-state index >= 15 is 0 Å². The van der Waals surface area contributed by atoms with E-state index < -0.39 is 10.0 Å². The molecule has 96 valence electrons. The summed E-state index contributed by atoms with van der Waals surface area (Å²) in [5.41, 5.74) is 1.61. The number of benzene rings is 1. The normalized spacial score (nSPS) is 11.4. The Hall–Kier alpha value is -1.82. The van der Waals surface area contributed by atoms with Gasteiger partial charge < -0.3 is 0 Å². The highest BCUT2D eigenvalue weighted by molar-refractivity contribution is 7.92.